The van der Waals surface area contributed by atoms with Crippen LogP contribution >= 0.6 is 15.9 Å². The minimum Gasteiger partial charge on any atom is -0.493 e. The van der Waals surface area contributed by atoms with Gasteiger partial charge in [-0.15, -0.1) is 0 Å². The topological polar surface area (TPSA) is 42.0 Å². The molecule has 0 spiro atoms. The fourth-order valence-corrected chi connectivity index (χ4v) is 3.69. The lowest BCUT2D eigenvalue weighted by molar-refractivity contribution is 0.0746. The lowest BCUT2D eigenvalue weighted by Crippen LogP contribution is -2.48. The molecule has 0 aromatic heterocycles. The van der Waals surface area contributed by atoms with Crippen molar-refractivity contribution in [3.63, 3.8) is 0 Å². The number of amides is 1. The molecule has 144 valence electrons. The molecule has 3 rings (SSSR count). The third-order valence-corrected chi connectivity index (χ3v) is 5.11. The van der Waals surface area contributed by atoms with Gasteiger partial charge in [-0.25, -0.2) is 4.39 Å². The van der Waals surface area contributed by atoms with Gasteiger partial charge in [0.1, 0.15) is 5.82 Å². The minimum absolute atomic E-state index is 0.0456. The van der Waals surface area contributed by atoms with Crippen molar-refractivity contribution in [3.05, 3.63) is 52.3 Å². The first-order valence-corrected chi connectivity index (χ1v) is 9.63. The minimum atomic E-state index is -0.248. The number of halogens is 2. The monoisotopic (exact) mass is 436 g/mol. The van der Waals surface area contributed by atoms with E-state index in [1.807, 2.05) is 11.8 Å². The number of hydrogen-bond acceptors (Lipinski definition) is 4. The first-order valence-electron chi connectivity index (χ1n) is 8.83. The molecule has 1 aliphatic heterocycles. The van der Waals surface area contributed by atoms with Gasteiger partial charge in [-0.1, -0.05) is 0 Å². The summed E-state index contributed by atoms with van der Waals surface area (Å²) < 4.78 is 24.7. The van der Waals surface area contributed by atoms with Gasteiger partial charge in [0, 0.05) is 37.4 Å². The maximum atomic E-state index is 13.1. The summed E-state index contributed by atoms with van der Waals surface area (Å²) in [5.74, 6) is 0.829. The predicted molar refractivity (Wildman–Crippen MR) is 106 cm³/mol. The van der Waals surface area contributed by atoms with E-state index in [1.165, 1.54) is 12.1 Å². The number of rotatable bonds is 5. The van der Waals surface area contributed by atoms with Crippen LogP contribution in [0.4, 0.5) is 10.1 Å². The van der Waals surface area contributed by atoms with Crippen LogP contribution in [0.1, 0.15) is 17.3 Å². The number of ether oxygens (including phenoxy) is 2. The van der Waals surface area contributed by atoms with Gasteiger partial charge >= 0.3 is 0 Å². The molecule has 0 unspecified atom stereocenters. The van der Waals surface area contributed by atoms with E-state index in [9.17, 15) is 9.18 Å². The van der Waals surface area contributed by atoms with Crippen molar-refractivity contribution >= 4 is 27.5 Å². The van der Waals surface area contributed by atoms with E-state index in [1.54, 1.807) is 31.4 Å². The van der Waals surface area contributed by atoms with Gasteiger partial charge in [-0.05, 0) is 59.3 Å². The summed E-state index contributed by atoms with van der Waals surface area (Å²) in [6, 6.07) is 9.92. The van der Waals surface area contributed by atoms with Crippen LogP contribution < -0.4 is 14.4 Å². The maximum absolute atomic E-state index is 13.1. The molecule has 1 fully saturated rings. The molecule has 27 heavy (non-hydrogen) atoms. The number of carbonyl (C=O) groups excluding carboxylic acids is 1. The highest BCUT2D eigenvalue weighted by Crippen LogP contribution is 2.37. The Morgan fingerprint density at radius 3 is 2.41 bits per heavy atom. The first kappa shape index (κ1) is 19.5. The Morgan fingerprint density at radius 1 is 1.15 bits per heavy atom. The Labute approximate surface area is 166 Å². The molecule has 2 aromatic rings. The van der Waals surface area contributed by atoms with Crippen LogP contribution in [0, 0.1) is 5.82 Å². The fourth-order valence-electron chi connectivity index (χ4n) is 3.13. The third kappa shape index (κ3) is 4.35. The molecule has 5 nitrogen and oxygen atoms in total. The Hall–Kier alpha value is -2.28. The zero-order valence-corrected chi connectivity index (χ0v) is 17.0. The summed E-state index contributed by atoms with van der Waals surface area (Å²) in [7, 11) is 1.56. The number of hydrogen-bond donors (Lipinski definition) is 0. The predicted octanol–water partition coefficient (Wildman–Crippen LogP) is 3.96. The second kappa shape index (κ2) is 8.61. The summed E-state index contributed by atoms with van der Waals surface area (Å²) in [5, 5.41) is 0. The van der Waals surface area contributed by atoms with Crippen LogP contribution in [0.25, 0.3) is 0 Å². The number of anilines is 1. The number of carbonyl (C=O) groups is 1. The molecule has 0 atom stereocenters. The molecule has 1 saturated heterocycles. The Balaban J connectivity index is 1.70. The van der Waals surface area contributed by atoms with Crippen molar-refractivity contribution in [2.75, 3.05) is 44.8 Å². The van der Waals surface area contributed by atoms with Crippen molar-refractivity contribution < 1.29 is 18.7 Å². The molecule has 0 radical (unpaired) electrons. The summed E-state index contributed by atoms with van der Waals surface area (Å²) in [6.45, 7) is 5.01. The lowest BCUT2D eigenvalue weighted by Gasteiger charge is -2.36. The van der Waals surface area contributed by atoms with Crippen LogP contribution in [0.2, 0.25) is 0 Å². The quantitative estimate of drug-likeness (QED) is 0.711. The molecule has 2 aromatic carbocycles. The summed E-state index contributed by atoms with van der Waals surface area (Å²) in [6.07, 6.45) is 0. The molecular weight excluding hydrogens is 415 g/mol. The lowest BCUT2D eigenvalue weighted by atomic mass is 10.1. The van der Waals surface area contributed by atoms with Crippen molar-refractivity contribution in [2.24, 2.45) is 0 Å². The highest BCUT2D eigenvalue weighted by Gasteiger charge is 2.24. The molecular formula is C20H22BrFN2O3. The second-order valence-corrected chi connectivity index (χ2v) is 7.03. The molecule has 1 aliphatic rings. The Morgan fingerprint density at radius 2 is 1.81 bits per heavy atom. The Bertz CT molecular complexity index is 806. The number of benzene rings is 2. The van der Waals surface area contributed by atoms with Gasteiger partial charge in [0.05, 0.1) is 18.2 Å². The fraction of sp³-hybridized carbons (Fsp3) is 0.350. The van der Waals surface area contributed by atoms with E-state index in [0.29, 0.717) is 54.3 Å². The van der Waals surface area contributed by atoms with Gasteiger partial charge in [-0.3, -0.25) is 4.79 Å². The Kier molecular flexibility index (Phi) is 6.21. The summed E-state index contributed by atoms with van der Waals surface area (Å²) in [4.78, 5) is 16.9. The van der Waals surface area contributed by atoms with Crippen molar-refractivity contribution in [3.8, 4) is 11.5 Å². The van der Waals surface area contributed by atoms with Crippen LogP contribution in [-0.4, -0.2) is 50.7 Å². The molecule has 1 amide bonds. The van der Waals surface area contributed by atoms with Crippen LogP contribution in [0.15, 0.2) is 40.9 Å². The van der Waals surface area contributed by atoms with E-state index in [2.05, 4.69) is 20.8 Å². The molecule has 0 N–H and O–H groups in total. The standard InChI is InChI=1S/C20H22BrFN2O3/c1-3-27-19-17(21)12-14(13-18(19)26-2)20(25)24-10-8-23(9-11-24)16-6-4-15(22)5-7-16/h4-7,12-13H,3,8-11H2,1-2H3. The molecule has 0 bridgehead atoms. The molecule has 7 heteroatoms. The van der Waals surface area contributed by atoms with E-state index in [0.717, 1.165) is 5.69 Å². The number of methoxy groups -OCH3 is 1. The normalized spacial score (nSPS) is 14.2. The van der Waals surface area contributed by atoms with Crippen LogP contribution in [0.5, 0.6) is 11.5 Å². The highest BCUT2D eigenvalue weighted by molar-refractivity contribution is 9.10. The zero-order chi connectivity index (χ0) is 19.4. The van der Waals surface area contributed by atoms with Gasteiger partial charge in [-0.2, -0.15) is 0 Å². The molecule has 0 aliphatic carbocycles. The van der Waals surface area contributed by atoms with Crippen molar-refractivity contribution in [1.29, 1.82) is 0 Å². The van der Waals surface area contributed by atoms with Gasteiger partial charge < -0.3 is 19.3 Å². The first-order chi connectivity index (χ1) is 13.0. The smallest absolute Gasteiger partial charge is 0.254 e. The highest BCUT2D eigenvalue weighted by atomic mass is 79.9. The van der Waals surface area contributed by atoms with Crippen LogP contribution in [-0.2, 0) is 0 Å². The summed E-state index contributed by atoms with van der Waals surface area (Å²) >= 11 is 3.46. The van der Waals surface area contributed by atoms with Crippen molar-refractivity contribution in [2.45, 2.75) is 6.92 Å². The average molecular weight is 437 g/mol. The third-order valence-electron chi connectivity index (χ3n) is 4.52. The van der Waals surface area contributed by atoms with Gasteiger partial charge in [0.25, 0.3) is 5.91 Å². The van der Waals surface area contributed by atoms with E-state index >= 15 is 0 Å². The van der Waals surface area contributed by atoms with E-state index < -0.39 is 0 Å². The largest absolute Gasteiger partial charge is 0.493 e. The maximum Gasteiger partial charge on any atom is 0.254 e. The number of piperazine rings is 1. The summed E-state index contributed by atoms with van der Waals surface area (Å²) in [5.41, 5.74) is 1.52. The van der Waals surface area contributed by atoms with Gasteiger partial charge in [0.15, 0.2) is 11.5 Å². The molecule has 1 heterocycles. The van der Waals surface area contributed by atoms with E-state index in [-0.39, 0.29) is 11.7 Å². The van der Waals surface area contributed by atoms with Gasteiger partial charge in [0.2, 0.25) is 0 Å². The molecule has 0 saturated carbocycles. The second-order valence-electron chi connectivity index (χ2n) is 6.18. The zero-order valence-electron chi connectivity index (χ0n) is 15.4. The average Bonchev–Trinajstić information content (AvgIpc) is 2.69. The van der Waals surface area contributed by atoms with E-state index in [4.69, 9.17) is 9.47 Å². The van der Waals surface area contributed by atoms with Crippen molar-refractivity contribution in [1.82, 2.24) is 4.90 Å². The van der Waals surface area contributed by atoms with Crippen LogP contribution in [0.3, 0.4) is 0 Å². The SMILES string of the molecule is CCOc1c(Br)cc(C(=O)N2CCN(c3ccc(F)cc3)CC2)cc1OC. The number of nitrogens with zero attached hydrogens (tertiary/aromatic N) is 2.